The lowest BCUT2D eigenvalue weighted by Gasteiger charge is -2.08. The summed E-state index contributed by atoms with van der Waals surface area (Å²) in [7, 11) is 1.52. The summed E-state index contributed by atoms with van der Waals surface area (Å²) in [4.78, 5) is 25.4. The molecule has 2 aromatic carbocycles. The van der Waals surface area contributed by atoms with E-state index in [2.05, 4.69) is 10.4 Å². The van der Waals surface area contributed by atoms with Crippen molar-refractivity contribution in [3.8, 4) is 11.4 Å². The number of methoxy groups -OCH3 is 1. The fourth-order valence-electron chi connectivity index (χ4n) is 2.93. The molecule has 1 atom stereocenters. The summed E-state index contributed by atoms with van der Waals surface area (Å²) in [6, 6.07) is 16.7. The van der Waals surface area contributed by atoms with E-state index in [4.69, 9.17) is 4.74 Å². The first kappa shape index (κ1) is 20.3. The Morgan fingerprint density at radius 2 is 1.86 bits per heavy atom. The van der Waals surface area contributed by atoms with Crippen LogP contribution in [0.5, 0.6) is 5.75 Å². The number of carbonyl (C=O) groups excluding carboxylic acids is 1. The molecule has 8 nitrogen and oxygen atoms in total. The Hall–Kier alpha value is -3.39. The van der Waals surface area contributed by atoms with E-state index in [-0.39, 0.29) is 19.0 Å². The van der Waals surface area contributed by atoms with E-state index >= 15 is 0 Å². The van der Waals surface area contributed by atoms with Gasteiger partial charge in [-0.1, -0.05) is 42.5 Å². The molecule has 0 saturated heterocycles. The smallest absolute Gasteiger partial charge is 0.351 e. The molecular weight excluding hydrogens is 372 g/mol. The van der Waals surface area contributed by atoms with Gasteiger partial charge in [-0.2, -0.15) is 4.68 Å². The second-order valence-corrected chi connectivity index (χ2v) is 6.68. The highest BCUT2D eigenvalue weighted by Gasteiger charge is 2.19. The number of para-hydroxylation sites is 2. The number of nitrogens with zero attached hydrogens (tertiary/aromatic N) is 3. The Morgan fingerprint density at radius 3 is 2.55 bits per heavy atom. The average molecular weight is 396 g/mol. The van der Waals surface area contributed by atoms with Crippen molar-refractivity contribution in [3.05, 3.63) is 76.5 Å². The third-order valence-corrected chi connectivity index (χ3v) is 4.35. The van der Waals surface area contributed by atoms with Gasteiger partial charge in [-0.15, -0.1) is 5.10 Å². The van der Waals surface area contributed by atoms with Crippen molar-refractivity contribution in [3.63, 3.8) is 0 Å². The minimum Gasteiger partial charge on any atom is -0.494 e. The van der Waals surface area contributed by atoms with Gasteiger partial charge < -0.3 is 15.2 Å². The van der Waals surface area contributed by atoms with Crippen LogP contribution in [0.2, 0.25) is 0 Å². The first-order chi connectivity index (χ1) is 14.0. The van der Waals surface area contributed by atoms with Crippen molar-refractivity contribution in [2.45, 2.75) is 26.0 Å². The SMILES string of the molecule is COc1ccccc1-n1nc(Cc2ccccc2)n(CC(=O)NC[C@@H](C)O)c1=O. The highest BCUT2D eigenvalue weighted by Crippen LogP contribution is 2.20. The predicted molar refractivity (Wildman–Crippen MR) is 108 cm³/mol. The van der Waals surface area contributed by atoms with Crippen LogP contribution in [0, 0.1) is 0 Å². The molecule has 0 fully saturated rings. The number of hydrogen-bond donors (Lipinski definition) is 2. The fourth-order valence-corrected chi connectivity index (χ4v) is 2.93. The van der Waals surface area contributed by atoms with E-state index in [0.717, 1.165) is 5.56 Å². The normalized spacial score (nSPS) is 11.8. The topological polar surface area (TPSA) is 98.4 Å². The third kappa shape index (κ3) is 4.91. The maximum absolute atomic E-state index is 13.1. The average Bonchev–Trinajstić information content (AvgIpc) is 3.02. The van der Waals surface area contributed by atoms with E-state index in [0.29, 0.717) is 23.7 Å². The Labute approximate surface area is 168 Å². The Morgan fingerprint density at radius 1 is 1.17 bits per heavy atom. The summed E-state index contributed by atoms with van der Waals surface area (Å²) in [5, 5.41) is 16.5. The molecule has 0 aliphatic carbocycles. The zero-order chi connectivity index (χ0) is 20.8. The second-order valence-electron chi connectivity index (χ2n) is 6.68. The van der Waals surface area contributed by atoms with E-state index in [9.17, 15) is 14.7 Å². The molecule has 3 rings (SSSR count). The lowest BCUT2D eigenvalue weighted by atomic mass is 10.1. The Bertz CT molecular complexity index is 1020. The molecule has 8 heteroatoms. The first-order valence-corrected chi connectivity index (χ1v) is 9.30. The molecular formula is C21H24N4O4. The lowest BCUT2D eigenvalue weighted by molar-refractivity contribution is -0.122. The van der Waals surface area contributed by atoms with Crippen LogP contribution >= 0.6 is 0 Å². The van der Waals surface area contributed by atoms with Crippen molar-refractivity contribution in [1.29, 1.82) is 0 Å². The molecule has 0 bridgehead atoms. The molecule has 2 N–H and O–H groups in total. The molecule has 0 spiro atoms. The largest absolute Gasteiger partial charge is 0.494 e. The summed E-state index contributed by atoms with van der Waals surface area (Å²) >= 11 is 0. The molecule has 0 saturated carbocycles. The minimum atomic E-state index is -0.671. The quantitative estimate of drug-likeness (QED) is 0.595. The van der Waals surface area contributed by atoms with Gasteiger partial charge in [-0.3, -0.25) is 9.36 Å². The summed E-state index contributed by atoms with van der Waals surface area (Å²) in [5.74, 6) is 0.588. The molecule has 29 heavy (non-hydrogen) atoms. The molecule has 3 aromatic rings. The van der Waals surface area contributed by atoms with Gasteiger partial charge in [-0.25, -0.2) is 4.79 Å². The summed E-state index contributed by atoms with van der Waals surface area (Å²) in [5.41, 5.74) is 1.03. The highest BCUT2D eigenvalue weighted by molar-refractivity contribution is 5.75. The van der Waals surface area contributed by atoms with Crippen LogP contribution < -0.4 is 15.7 Å². The van der Waals surface area contributed by atoms with Crippen molar-refractivity contribution >= 4 is 5.91 Å². The van der Waals surface area contributed by atoms with Gasteiger partial charge in [0.15, 0.2) is 0 Å². The maximum Gasteiger partial charge on any atom is 0.351 e. The van der Waals surface area contributed by atoms with Gasteiger partial charge in [0, 0.05) is 13.0 Å². The molecule has 0 radical (unpaired) electrons. The number of rotatable bonds is 8. The van der Waals surface area contributed by atoms with Gasteiger partial charge >= 0.3 is 5.69 Å². The van der Waals surface area contributed by atoms with Crippen LogP contribution in [-0.2, 0) is 17.8 Å². The number of aliphatic hydroxyl groups excluding tert-OH is 1. The van der Waals surface area contributed by atoms with Crippen LogP contribution in [0.1, 0.15) is 18.3 Å². The summed E-state index contributed by atoms with van der Waals surface area (Å²) < 4.78 is 7.95. The number of amides is 1. The predicted octanol–water partition coefficient (Wildman–Crippen LogP) is 1.13. The highest BCUT2D eigenvalue weighted by atomic mass is 16.5. The van der Waals surface area contributed by atoms with Crippen molar-refractivity contribution in [2.24, 2.45) is 0 Å². The number of nitrogens with one attached hydrogen (secondary N) is 1. The number of ether oxygens (including phenoxy) is 1. The molecule has 0 unspecified atom stereocenters. The minimum absolute atomic E-state index is 0.113. The Balaban J connectivity index is 2.01. The van der Waals surface area contributed by atoms with E-state index in [1.807, 2.05) is 30.3 Å². The van der Waals surface area contributed by atoms with Crippen molar-refractivity contribution in [2.75, 3.05) is 13.7 Å². The molecule has 1 heterocycles. The third-order valence-electron chi connectivity index (χ3n) is 4.35. The second kappa shape index (κ2) is 9.20. The number of hydrogen-bond acceptors (Lipinski definition) is 5. The standard InChI is InChI=1S/C21H24N4O4/c1-15(26)13-22-20(27)14-24-19(12-16-8-4-3-5-9-16)23-25(21(24)28)17-10-6-7-11-18(17)29-2/h3-11,15,26H,12-14H2,1-2H3,(H,22,27)/t15-/m1/s1. The van der Waals surface area contributed by atoms with Crippen LogP contribution in [-0.4, -0.2) is 45.1 Å². The first-order valence-electron chi connectivity index (χ1n) is 9.30. The van der Waals surface area contributed by atoms with Crippen molar-refractivity contribution < 1.29 is 14.6 Å². The van der Waals surface area contributed by atoms with E-state index < -0.39 is 11.8 Å². The van der Waals surface area contributed by atoms with E-state index in [1.165, 1.54) is 16.4 Å². The van der Waals surface area contributed by atoms with E-state index in [1.54, 1.807) is 31.2 Å². The monoisotopic (exact) mass is 396 g/mol. The van der Waals surface area contributed by atoms with Crippen LogP contribution in [0.3, 0.4) is 0 Å². The van der Waals surface area contributed by atoms with Gasteiger partial charge in [0.05, 0.1) is 13.2 Å². The maximum atomic E-state index is 13.1. The molecule has 1 amide bonds. The molecule has 0 aliphatic rings. The van der Waals surface area contributed by atoms with Crippen molar-refractivity contribution in [1.82, 2.24) is 19.7 Å². The van der Waals surface area contributed by atoms with Gasteiger partial charge in [0.1, 0.15) is 23.8 Å². The molecule has 152 valence electrons. The summed E-state index contributed by atoms with van der Waals surface area (Å²) in [6.07, 6.45) is -0.280. The van der Waals surface area contributed by atoms with Crippen LogP contribution in [0.4, 0.5) is 0 Å². The zero-order valence-corrected chi connectivity index (χ0v) is 16.4. The number of aliphatic hydroxyl groups is 1. The zero-order valence-electron chi connectivity index (χ0n) is 16.4. The number of carbonyl (C=O) groups is 1. The number of benzene rings is 2. The van der Waals surface area contributed by atoms with Gasteiger partial charge in [-0.05, 0) is 24.6 Å². The number of aromatic nitrogens is 3. The van der Waals surface area contributed by atoms with Gasteiger partial charge in [0.2, 0.25) is 5.91 Å². The molecule has 0 aliphatic heterocycles. The van der Waals surface area contributed by atoms with Gasteiger partial charge in [0.25, 0.3) is 0 Å². The Kier molecular flexibility index (Phi) is 6.46. The summed E-state index contributed by atoms with van der Waals surface area (Å²) in [6.45, 7) is 1.50. The molecule has 1 aromatic heterocycles. The fraction of sp³-hybridized carbons (Fsp3) is 0.286. The van der Waals surface area contributed by atoms with Crippen LogP contribution in [0.15, 0.2) is 59.4 Å². The van der Waals surface area contributed by atoms with Crippen LogP contribution in [0.25, 0.3) is 5.69 Å². The lowest BCUT2D eigenvalue weighted by Crippen LogP contribution is -2.36.